The quantitative estimate of drug-likeness (QED) is 0.945. The van der Waals surface area contributed by atoms with Gasteiger partial charge >= 0.3 is 0 Å². The second-order valence-corrected chi connectivity index (χ2v) is 5.24. The van der Waals surface area contributed by atoms with Crippen LogP contribution in [0.4, 0.5) is 11.4 Å². The first-order valence-corrected chi connectivity index (χ1v) is 7.40. The van der Waals surface area contributed by atoms with Gasteiger partial charge in [0.1, 0.15) is 5.69 Å². The molecular weight excluding hydrogens is 278 g/mol. The lowest BCUT2D eigenvalue weighted by Gasteiger charge is -2.31. The van der Waals surface area contributed by atoms with Crippen molar-refractivity contribution in [2.24, 2.45) is 0 Å². The fourth-order valence-electron chi connectivity index (χ4n) is 2.56. The van der Waals surface area contributed by atoms with Gasteiger partial charge in [-0.15, -0.1) is 0 Å². The lowest BCUT2D eigenvalue weighted by atomic mass is 10.1. The summed E-state index contributed by atoms with van der Waals surface area (Å²) in [6.07, 6.45) is 1.62. The van der Waals surface area contributed by atoms with Gasteiger partial charge in [-0.2, -0.15) is 0 Å². The Balaban J connectivity index is 1.87. The van der Waals surface area contributed by atoms with Crippen LogP contribution in [0, 0.1) is 6.92 Å². The van der Waals surface area contributed by atoms with Gasteiger partial charge in [-0.3, -0.25) is 9.78 Å². The molecule has 1 aliphatic rings. The maximum atomic E-state index is 12.4. The summed E-state index contributed by atoms with van der Waals surface area (Å²) >= 11 is 0. The van der Waals surface area contributed by atoms with Crippen molar-refractivity contribution >= 4 is 17.3 Å². The number of aromatic nitrogens is 1. The van der Waals surface area contributed by atoms with Gasteiger partial charge in [0, 0.05) is 19.3 Å². The Morgan fingerprint density at radius 1 is 1.18 bits per heavy atom. The summed E-state index contributed by atoms with van der Waals surface area (Å²) in [5, 5.41) is 3.01. The van der Waals surface area contributed by atoms with Crippen LogP contribution in [-0.2, 0) is 4.74 Å². The molecule has 0 atom stereocenters. The minimum Gasteiger partial charge on any atom is -0.378 e. The van der Waals surface area contributed by atoms with Crippen LogP contribution in [0.2, 0.25) is 0 Å². The fraction of sp³-hybridized carbons (Fsp3) is 0.294. The van der Waals surface area contributed by atoms with Crippen LogP contribution in [-0.4, -0.2) is 37.2 Å². The highest BCUT2D eigenvalue weighted by atomic mass is 16.5. The first-order chi connectivity index (χ1) is 10.8. The van der Waals surface area contributed by atoms with Crippen LogP contribution < -0.4 is 10.2 Å². The summed E-state index contributed by atoms with van der Waals surface area (Å²) in [6, 6.07) is 11.4. The molecule has 0 radical (unpaired) electrons. The van der Waals surface area contributed by atoms with Crippen molar-refractivity contribution in [2.75, 3.05) is 36.5 Å². The lowest BCUT2D eigenvalue weighted by Crippen LogP contribution is -2.37. The molecule has 1 amide bonds. The number of carbonyl (C=O) groups excluding carboxylic acids is 1. The molecule has 3 rings (SSSR count). The second-order valence-electron chi connectivity index (χ2n) is 5.24. The Bertz CT molecular complexity index is 652. The molecule has 1 fully saturated rings. The maximum absolute atomic E-state index is 12.4. The summed E-state index contributed by atoms with van der Waals surface area (Å²) in [4.78, 5) is 18.7. The van der Waals surface area contributed by atoms with E-state index in [1.165, 1.54) is 0 Å². The molecule has 1 saturated heterocycles. The number of ether oxygens (including phenoxy) is 1. The van der Waals surface area contributed by atoms with E-state index >= 15 is 0 Å². The average Bonchev–Trinajstić information content (AvgIpc) is 2.58. The molecule has 0 spiro atoms. The van der Waals surface area contributed by atoms with Gasteiger partial charge in [-0.05, 0) is 30.7 Å². The standard InChI is InChI=1S/C17H19N3O2/c1-13-5-4-7-15(20-9-11-22-12-10-20)16(13)19-17(21)14-6-2-3-8-18-14/h2-8H,9-12H2,1H3,(H,19,21). The van der Waals surface area contributed by atoms with Crippen molar-refractivity contribution in [2.45, 2.75) is 6.92 Å². The molecule has 5 nitrogen and oxygen atoms in total. The van der Waals surface area contributed by atoms with E-state index in [1.54, 1.807) is 18.3 Å². The van der Waals surface area contributed by atoms with E-state index in [1.807, 2.05) is 31.2 Å². The van der Waals surface area contributed by atoms with Crippen LogP contribution >= 0.6 is 0 Å². The molecule has 1 aromatic heterocycles. The van der Waals surface area contributed by atoms with Crippen LogP contribution in [0.3, 0.4) is 0 Å². The normalized spacial score (nSPS) is 14.7. The predicted molar refractivity (Wildman–Crippen MR) is 86.4 cm³/mol. The molecule has 1 aliphatic heterocycles. The van der Waals surface area contributed by atoms with Crippen molar-refractivity contribution in [1.82, 2.24) is 4.98 Å². The largest absolute Gasteiger partial charge is 0.378 e. The summed E-state index contributed by atoms with van der Waals surface area (Å²) in [5.41, 5.74) is 3.33. The van der Waals surface area contributed by atoms with Crippen molar-refractivity contribution in [1.29, 1.82) is 0 Å². The molecule has 114 valence electrons. The molecule has 1 N–H and O–H groups in total. The molecule has 2 aromatic rings. The molecule has 0 bridgehead atoms. The van der Waals surface area contributed by atoms with Gasteiger partial charge in [-0.25, -0.2) is 0 Å². The molecule has 0 saturated carbocycles. The van der Waals surface area contributed by atoms with Gasteiger partial charge in [0.2, 0.25) is 0 Å². The number of nitrogens with one attached hydrogen (secondary N) is 1. The number of carbonyl (C=O) groups is 1. The molecule has 2 heterocycles. The van der Waals surface area contributed by atoms with E-state index in [9.17, 15) is 4.79 Å². The molecule has 22 heavy (non-hydrogen) atoms. The van der Waals surface area contributed by atoms with Gasteiger partial charge in [0.25, 0.3) is 5.91 Å². The minimum absolute atomic E-state index is 0.190. The summed E-state index contributed by atoms with van der Waals surface area (Å²) in [7, 11) is 0. The number of anilines is 2. The summed E-state index contributed by atoms with van der Waals surface area (Å²) in [5.74, 6) is -0.190. The van der Waals surface area contributed by atoms with Gasteiger partial charge < -0.3 is 15.0 Å². The summed E-state index contributed by atoms with van der Waals surface area (Å²) in [6.45, 7) is 5.08. The Hall–Kier alpha value is -2.40. The summed E-state index contributed by atoms with van der Waals surface area (Å²) < 4.78 is 5.40. The monoisotopic (exact) mass is 297 g/mol. The Morgan fingerprint density at radius 2 is 2.00 bits per heavy atom. The highest BCUT2D eigenvalue weighted by Crippen LogP contribution is 2.30. The van der Waals surface area contributed by atoms with Crippen molar-refractivity contribution in [3.63, 3.8) is 0 Å². The third-order valence-corrected chi connectivity index (χ3v) is 3.74. The number of hydrogen-bond donors (Lipinski definition) is 1. The maximum Gasteiger partial charge on any atom is 0.274 e. The zero-order valence-corrected chi connectivity index (χ0v) is 12.6. The first-order valence-electron chi connectivity index (χ1n) is 7.40. The van der Waals surface area contributed by atoms with Crippen molar-refractivity contribution < 1.29 is 9.53 Å². The number of nitrogens with zero attached hydrogens (tertiary/aromatic N) is 2. The Morgan fingerprint density at radius 3 is 2.73 bits per heavy atom. The minimum atomic E-state index is -0.190. The number of hydrogen-bond acceptors (Lipinski definition) is 4. The first kappa shape index (κ1) is 14.5. The van der Waals surface area contributed by atoms with E-state index in [0.29, 0.717) is 18.9 Å². The number of aryl methyl sites for hydroxylation is 1. The molecule has 0 aliphatic carbocycles. The number of pyridine rings is 1. The van der Waals surface area contributed by atoms with Crippen LogP contribution in [0.1, 0.15) is 16.1 Å². The fourth-order valence-corrected chi connectivity index (χ4v) is 2.56. The molecule has 1 aromatic carbocycles. The SMILES string of the molecule is Cc1cccc(N2CCOCC2)c1NC(=O)c1ccccn1. The third kappa shape index (κ3) is 3.09. The smallest absolute Gasteiger partial charge is 0.274 e. The van der Waals surface area contributed by atoms with E-state index < -0.39 is 0 Å². The van der Waals surface area contributed by atoms with Gasteiger partial charge in [0.15, 0.2) is 0 Å². The second kappa shape index (κ2) is 6.58. The Labute approximate surface area is 129 Å². The number of para-hydroxylation sites is 1. The number of rotatable bonds is 3. The van der Waals surface area contributed by atoms with Crippen LogP contribution in [0.25, 0.3) is 0 Å². The lowest BCUT2D eigenvalue weighted by molar-refractivity contribution is 0.102. The third-order valence-electron chi connectivity index (χ3n) is 3.74. The molecule has 0 unspecified atom stereocenters. The highest BCUT2D eigenvalue weighted by Gasteiger charge is 2.18. The van der Waals surface area contributed by atoms with Crippen LogP contribution in [0.15, 0.2) is 42.6 Å². The predicted octanol–water partition coefficient (Wildman–Crippen LogP) is 2.48. The Kier molecular flexibility index (Phi) is 4.34. The topological polar surface area (TPSA) is 54.5 Å². The van der Waals surface area contributed by atoms with Crippen LogP contribution in [0.5, 0.6) is 0 Å². The van der Waals surface area contributed by atoms with E-state index in [2.05, 4.69) is 15.2 Å². The van der Waals surface area contributed by atoms with Gasteiger partial charge in [-0.1, -0.05) is 18.2 Å². The molecule has 5 heteroatoms. The average molecular weight is 297 g/mol. The number of amides is 1. The van der Waals surface area contributed by atoms with E-state index in [-0.39, 0.29) is 5.91 Å². The zero-order chi connectivity index (χ0) is 15.4. The van der Waals surface area contributed by atoms with E-state index in [0.717, 1.165) is 30.0 Å². The number of morpholine rings is 1. The highest BCUT2D eigenvalue weighted by molar-refractivity contribution is 6.05. The van der Waals surface area contributed by atoms with E-state index in [4.69, 9.17) is 4.74 Å². The van der Waals surface area contributed by atoms with Gasteiger partial charge in [0.05, 0.1) is 24.6 Å². The van der Waals surface area contributed by atoms with Crippen molar-refractivity contribution in [3.8, 4) is 0 Å². The van der Waals surface area contributed by atoms with Crippen molar-refractivity contribution in [3.05, 3.63) is 53.9 Å². The zero-order valence-electron chi connectivity index (χ0n) is 12.6. The molecular formula is C17H19N3O2. The number of benzene rings is 1.